The Labute approximate surface area is 95.2 Å². The van der Waals surface area contributed by atoms with Crippen LogP contribution in [0.4, 0.5) is 5.95 Å². The molecule has 7 heteroatoms. The van der Waals surface area contributed by atoms with Crippen molar-refractivity contribution in [1.82, 2.24) is 20.5 Å². The van der Waals surface area contributed by atoms with Gasteiger partial charge in [-0.05, 0) is 15.9 Å². The van der Waals surface area contributed by atoms with Crippen molar-refractivity contribution in [2.45, 2.75) is 0 Å². The lowest BCUT2D eigenvalue weighted by molar-refractivity contribution is 0.580. The van der Waals surface area contributed by atoms with Crippen LogP contribution in [0.2, 0.25) is 0 Å². The number of anilines is 1. The first-order valence-corrected chi connectivity index (χ1v) is 4.69. The molecule has 1 saturated heterocycles. The lowest BCUT2D eigenvalue weighted by atomic mass is 10.4. The average molecular weight is 313 g/mol. The fraction of sp³-hybridized carbons (Fsp3) is 0.667. The highest BCUT2D eigenvalue weighted by Crippen LogP contribution is 2.10. The summed E-state index contributed by atoms with van der Waals surface area (Å²) in [6.07, 6.45) is 0. The second-order valence-electron chi connectivity index (χ2n) is 2.66. The van der Waals surface area contributed by atoms with Crippen molar-refractivity contribution in [3.63, 3.8) is 0 Å². The van der Waals surface area contributed by atoms with Crippen molar-refractivity contribution < 1.29 is 0 Å². The lowest BCUT2D eigenvalue weighted by Gasteiger charge is -2.25. The number of halogens is 2. The fourth-order valence-corrected chi connectivity index (χ4v) is 1.49. The van der Waals surface area contributed by atoms with Gasteiger partial charge in [-0.25, -0.2) is 0 Å². The maximum atomic E-state index is 4.18. The molecule has 1 aliphatic heterocycles. The van der Waals surface area contributed by atoms with Crippen molar-refractivity contribution in [1.29, 1.82) is 0 Å². The van der Waals surface area contributed by atoms with Gasteiger partial charge in [0.2, 0.25) is 5.95 Å². The summed E-state index contributed by atoms with van der Waals surface area (Å²) < 4.78 is 0.691. The van der Waals surface area contributed by atoms with Crippen LogP contribution in [-0.2, 0) is 0 Å². The molecule has 5 nitrogen and oxygen atoms in total. The topological polar surface area (TPSA) is 56.8 Å². The summed E-state index contributed by atoms with van der Waals surface area (Å²) in [6.45, 7) is 3.97. The minimum absolute atomic E-state index is 0. The molecule has 0 saturated carbocycles. The van der Waals surface area contributed by atoms with Crippen LogP contribution in [0, 0.1) is 0 Å². The summed E-state index contributed by atoms with van der Waals surface area (Å²) >= 11 is 3.23. The summed E-state index contributed by atoms with van der Waals surface area (Å²) in [6, 6.07) is 0. The predicted octanol–water partition coefficient (Wildman–Crippen LogP) is 0.555. The second-order valence-corrected chi connectivity index (χ2v) is 3.41. The van der Waals surface area contributed by atoms with Crippen LogP contribution in [0.25, 0.3) is 0 Å². The van der Waals surface area contributed by atoms with Crippen LogP contribution < -0.4 is 10.2 Å². The van der Waals surface area contributed by atoms with E-state index >= 15 is 0 Å². The van der Waals surface area contributed by atoms with Crippen LogP contribution in [0.5, 0.6) is 0 Å². The first kappa shape index (κ1) is 10.9. The van der Waals surface area contributed by atoms with E-state index in [2.05, 4.69) is 41.3 Å². The Bertz CT molecular complexity index is 257. The van der Waals surface area contributed by atoms with Crippen LogP contribution >= 0.6 is 32.9 Å². The van der Waals surface area contributed by atoms with Crippen molar-refractivity contribution >= 4 is 38.9 Å². The number of H-pyrrole nitrogens is 1. The van der Waals surface area contributed by atoms with Gasteiger partial charge in [-0.2, -0.15) is 4.98 Å². The van der Waals surface area contributed by atoms with Gasteiger partial charge in [0.1, 0.15) is 0 Å². The zero-order chi connectivity index (χ0) is 8.39. The molecule has 0 radical (unpaired) electrons. The highest BCUT2D eigenvalue weighted by atomic mass is 79.9. The lowest BCUT2D eigenvalue weighted by Crippen LogP contribution is -2.44. The molecule has 0 aromatic carbocycles. The molecule has 74 valence electrons. The van der Waals surface area contributed by atoms with Gasteiger partial charge in [0, 0.05) is 26.2 Å². The minimum Gasteiger partial charge on any atom is -0.337 e. The van der Waals surface area contributed by atoms with Gasteiger partial charge in [0.15, 0.2) is 4.73 Å². The molecular weight excluding hydrogens is 302 g/mol. The highest BCUT2D eigenvalue weighted by molar-refractivity contribution is 9.10. The molecule has 0 amide bonds. The molecule has 1 aromatic heterocycles. The molecule has 1 aromatic rings. The van der Waals surface area contributed by atoms with E-state index in [0.717, 1.165) is 32.1 Å². The standard InChI is InChI=1S/C6H10BrN5.BrH/c7-5-9-6(11-10-5)12-3-1-8-2-4-12;/h8H,1-4H2,(H,9,10,11);1H. The number of nitrogens with zero attached hydrogens (tertiary/aromatic N) is 3. The van der Waals surface area contributed by atoms with Crippen molar-refractivity contribution in [2.24, 2.45) is 0 Å². The van der Waals surface area contributed by atoms with Crippen LogP contribution in [0.15, 0.2) is 4.73 Å². The number of piperazine rings is 1. The second kappa shape index (κ2) is 4.92. The average Bonchev–Trinajstić information content (AvgIpc) is 2.54. The molecule has 0 aliphatic carbocycles. The minimum atomic E-state index is 0. The Hall–Kier alpha value is -0.140. The van der Waals surface area contributed by atoms with Crippen molar-refractivity contribution in [3.8, 4) is 0 Å². The third kappa shape index (κ3) is 2.65. The van der Waals surface area contributed by atoms with E-state index in [-0.39, 0.29) is 17.0 Å². The summed E-state index contributed by atoms with van der Waals surface area (Å²) in [7, 11) is 0. The monoisotopic (exact) mass is 311 g/mol. The van der Waals surface area contributed by atoms with E-state index in [1.807, 2.05) is 0 Å². The van der Waals surface area contributed by atoms with Gasteiger partial charge in [0.25, 0.3) is 0 Å². The third-order valence-corrected chi connectivity index (χ3v) is 2.20. The smallest absolute Gasteiger partial charge is 0.245 e. The molecule has 2 rings (SSSR count). The summed E-state index contributed by atoms with van der Waals surface area (Å²) in [5.74, 6) is 0.781. The van der Waals surface area contributed by atoms with Crippen LogP contribution in [0.1, 0.15) is 0 Å². The maximum Gasteiger partial charge on any atom is 0.245 e. The molecule has 2 heterocycles. The SMILES string of the molecule is Br.Brc1nc(N2CCNCC2)n[nH]1. The molecule has 0 unspecified atom stereocenters. The van der Waals surface area contributed by atoms with E-state index in [4.69, 9.17) is 0 Å². The highest BCUT2D eigenvalue weighted by Gasteiger charge is 2.13. The van der Waals surface area contributed by atoms with Crippen LogP contribution in [-0.4, -0.2) is 41.4 Å². The zero-order valence-electron chi connectivity index (χ0n) is 6.96. The van der Waals surface area contributed by atoms with E-state index in [1.54, 1.807) is 0 Å². The van der Waals surface area contributed by atoms with Gasteiger partial charge in [-0.15, -0.1) is 22.1 Å². The molecule has 1 fully saturated rings. The Balaban J connectivity index is 0.000000845. The fourth-order valence-electron chi connectivity index (χ4n) is 1.24. The molecule has 0 bridgehead atoms. The Morgan fingerprint density at radius 2 is 2.00 bits per heavy atom. The molecular formula is C6H11Br2N5. The maximum absolute atomic E-state index is 4.18. The number of rotatable bonds is 1. The number of hydrogen-bond acceptors (Lipinski definition) is 4. The summed E-state index contributed by atoms with van der Waals surface area (Å²) in [4.78, 5) is 6.33. The van der Waals surface area contributed by atoms with Crippen molar-refractivity contribution in [2.75, 3.05) is 31.1 Å². The molecule has 13 heavy (non-hydrogen) atoms. The molecule has 0 atom stereocenters. The summed E-state index contributed by atoms with van der Waals surface area (Å²) in [5.41, 5.74) is 0. The van der Waals surface area contributed by atoms with E-state index in [1.165, 1.54) is 0 Å². The van der Waals surface area contributed by atoms with Gasteiger partial charge in [-0.3, -0.25) is 5.10 Å². The van der Waals surface area contributed by atoms with Gasteiger partial charge in [-0.1, -0.05) is 0 Å². The van der Waals surface area contributed by atoms with Gasteiger partial charge in [0.05, 0.1) is 0 Å². The molecule has 2 N–H and O–H groups in total. The van der Waals surface area contributed by atoms with Gasteiger partial charge < -0.3 is 10.2 Å². The van der Waals surface area contributed by atoms with Crippen molar-refractivity contribution in [3.05, 3.63) is 4.73 Å². The largest absolute Gasteiger partial charge is 0.337 e. The Morgan fingerprint density at radius 3 is 2.54 bits per heavy atom. The summed E-state index contributed by atoms with van der Waals surface area (Å²) in [5, 5.41) is 10.1. The molecule has 1 aliphatic rings. The third-order valence-electron chi connectivity index (χ3n) is 1.85. The van der Waals surface area contributed by atoms with E-state index in [9.17, 15) is 0 Å². The Kier molecular flexibility index (Phi) is 4.14. The number of nitrogens with one attached hydrogen (secondary N) is 2. The first-order chi connectivity index (χ1) is 5.86. The Morgan fingerprint density at radius 1 is 1.31 bits per heavy atom. The van der Waals surface area contributed by atoms with E-state index in [0.29, 0.717) is 4.73 Å². The number of aromatic nitrogens is 3. The van der Waals surface area contributed by atoms with Gasteiger partial charge >= 0.3 is 0 Å². The predicted molar refractivity (Wildman–Crippen MR) is 59.5 cm³/mol. The first-order valence-electron chi connectivity index (χ1n) is 3.90. The molecule has 0 spiro atoms. The number of hydrogen-bond donors (Lipinski definition) is 2. The van der Waals surface area contributed by atoms with Crippen LogP contribution in [0.3, 0.4) is 0 Å². The number of aromatic amines is 1. The quantitative estimate of drug-likeness (QED) is 0.795. The normalized spacial score (nSPS) is 16.8. The van der Waals surface area contributed by atoms with E-state index < -0.39 is 0 Å². The zero-order valence-corrected chi connectivity index (χ0v) is 10.3.